The maximum atomic E-state index is 13.4. The molecule has 16 heavy (non-hydrogen) atoms. The molecule has 1 unspecified atom stereocenters. The summed E-state index contributed by atoms with van der Waals surface area (Å²) < 4.78 is 26.7. The Kier molecular flexibility index (Phi) is 3.44. The molecule has 0 aliphatic carbocycles. The van der Waals surface area contributed by atoms with Gasteiger partial charge in [0.05, 0.1) is 12.6 Å². The molecule has 1 fully saturated rings. The molecule has 0 spiro atoms. The average Bonchev–Trinajstić information content (AvgIpc) is 2.38. The number of carbonyl (C=O) groups is 1. The number of nitrogens with zero attached hydrogens (tertiary/aromatic N) is 1. The van der Waals surface area contributed by atoms with E-state index in [1.54, 1.807) is 25.7 Å². The van der Waals surface area contributed by atoms with Crippen LogP contribution in [-0.2, 0) is 4.79 Å². The van der Waals surface area contributed by atoms with Crippen LogP contribution in [0.25, 0.3) is 0 Å². The van der Waals surface area contributed by atoms with E-state index < -0.39 is 17.4 Å². The lowest BCUT2D eigenvalue weighted by Gasteiger charge is -2.30. The molecule has 1 aliphatic heterocycles. The van der Waals surface area contributed by atoms with Crippen LogP contribution in [-0.4, -0.2) is 35.2 Å². The normalized spacial score (nSPS) is 26.4. The van der Waals surface area contributed by atoms with Gasteiger partial charge in [-0.15, -0.1) is 0 Å². The van der Waals surface area contributed by atoms with Gasteiger partial charge in [-0.3, -0.25) is 9.69 Å². The predicted molar refractivity (Wildman–Crippen MR) is 59.7 cm³/mol. The summed E-state index contributed by atoms with van der Waals surface area (Å²) in [5, 5.41) is 0. The molecule has 2 nitrogen and oxygen atoms in total. The maximum Gasteiger partial charge on any atom is 0.262 e. The van der Waals surface area contributed by atoms with E-state index in [0.29, 0.717) is 0 Å². The molecule has 0 radical (unpaired) electrons. The Morgan fingerprint density at radius 1 is 1.38 bits per heavy atom. The first-order valence-electron chi connectivity index (χ1n) is 5.72. The summed E-state index contributed by atoms with van der Waals surface area (Å²) in [6.07, 6.45) is -0.332. The molecule has 0 bridgehead atoms. The molecular formula is C12H21F2NO. The highest BCUT2D eigenvalue weighted by molar-refractivity contribution is 5.89. The molecule has 0 saturated carbocycles. The lowest BCUT2D eigenvalue weighted by molar-refractivity contribution is -0.131. The molecule has 0 aromatic carbocycles. The van der Waals surface area contributed by atoms with Crippen molar-refractivity contribution in [3.8, 4) is 0 Å². The summed E-state index contributed by atoms with van der Waals surface area (Å²) in [6.45, 7) is 8.75. The Hall–Kier alpha value is -0.510. The van der Waals surface area contributed by atoms with E-state index in [-0.39, 0.29) is 24.8 Å². The Morgan fingerprint density at radius 2 is 1.88 bits per heavy atom. The quantitative estimate of drug-likeness (QED) is 0.731. The molecule has 1 heterocycles. The summed E-state index contributed by atoms with van der Waals surface area (Å²) in [7, 11) is 0. The third kappa shape index (κ3) is 2.78. The first kappa shape index (κ1) is 13.6. The van der Waals surface area contributed by atoms with Gasteiger partial charge in [0.1, 0.15) is 0 Å². The van der Waals surface area contributed by atoms with Crippen molar-refractivity contribution in [2.45, 2.75) is 59.0 Å². The van der Waals surface area contributed by atoms with Gasteiger partial charge in [0.25, 0.3) is 5.92 Å². The lowest BCUT2D eigenvalue weighted by atomic mass is 9.85. The number of hydrogen-bond acceptors (Lipinski definition) is 2. The highest BCUT2D eigenvalue weighted by atomic mass is 19.3. The van der Waals surface area contributed by atoms with Gasteiger partial charge in [-0.2, -0.15) is 0 Å². The van der Waals surface area contributed by atoms with E-state index in [1.807, 2.05) is 13.8 Å². The van der Waals surface area contributed by atoms with Crippen LogP contribution in [0.4, 0.5) is 8.78 Å². The van der Waals surface area contributed by atoms with E-state index in [9.17, 15) is 13.6 Å². The van der Waals surface area contributed by atoms with Crippen molar-refractivity contribution >= 4 is 5.78 Å². The van der Waals surface area contributed by atoms with Gasteiger partial charge in [0.2, 0.25) is 0 Å². The topological polar surface area (TPSA) is 20.3 Å². The SMILES string of the molecule is CC(C)N1CC(F)(F)CC1C(=O)C(C)(C)C. The van der Waals surface area contributed by atoms with Crippen molar-refractivity contribution in [1.82, 2.24) is 4.90 Å². The van der Waals surface area contributed by atoms with Crippen molar-refractivity contribution in [1.29, 1.82) is 0 Å². The third-order valence-corrected chi connectivity index (χ3v) is 3.01. The largest absolute Gasteiger partial charge is 0.297 e. The molecule has 0 aromatic rings. The van der Waals surface area contributed by atoms with Crippen molar-refractivity contribution < 1.29 is 13.6 Å². The van der Waals surface area contributed by atoms with E-state index in [0.717, 1.165) is 0 Å². The van der Waals surface area contributed by atoms with E-state index in [1.165, 1.54) is 0 Å². The summed E-state index contributed by atoms with van der Waals surface area (Å²) in [5.74, 6) is -2.81. The fourth-order valence-electron chi connectivity index (χ4n) is 2.13. The first-order valence-corrected chi connectivity index (χ1v) is 5.72. The van der Waals surface area contributed by atoms with Crippen molar-refractivity contribution in [2.24, 2.45) is 5.41 Å². The molecule has 1 saturated heterocycles. The van der Waals surface area contributed by atoms with Gasteiger partial charge < -0.3 is 0 Å². The van der Waals surface area contributed by atoms with Crippen LogP contribution in [0.1, 0.15) is 41.0 Å². The first-order chi connectivity index (χ1) is 7.04. The summed E-state index contributed by atoms with van der Waals surface area (Å²) >= 11 is 0. The lowest BCUT2D eigenvalue weighted by Crippen LogP contribution is -2.45. The Morgan fingerprint density at radius 3 is 2.25 bits per heavy atom. The monoisotopic (exact) mass is 233 g/mol. The number of rotatable bonds is 2. The zero-order chi connectivity index (χ0) is 12.7. The van der Waals surface area contributed by atoms with Gasteiger partial charge in [-0.1, -0.05) is 20.8 Å². The standard InChI is InChI=1S/C12H21F2NO/c1-8(2)15-7-12(13,14)6-9(15)10(16)11(3,4)5/h8-9H,6-7H2,1-5H3. The van der Waals surface area contributed by atoms with Gasteiger partial charge in [0, 0.05) is 17.9 Å². The van der Waals surface area contributed by atoms with E-state index >= 15 is 0 Å². The number of halogens is 2. The summed E-state index contributed by atoms with van der Waals surface area (Å²) in [4.78, 5) is 13.7. The molecular weight excluding hydrogens is 212 g/mol. The van der Waals surface area contributed by atoms with E-state index in [2.05, 4.69) is 0 Å². The van der Waals surface area contributed by atoms with Crippen LogP contribution in [0.3, 0.4) is 0 Å². The van der Waals surface area contributed by atoms with Crippen LogP contribution in [0, 0.1) is 5.41 Å². The van der Waals surface area contributed by atoms with Crippen LogP contribution in [0.2, 0.25) is 0 Å². The number of carbonyl (C=O) groups excluding carboxylic acids is 1. The highest BCUT2D eigenvalue weighted by Gasteiger charge is 2.50. The van der Waals surface area contributed by atoms with Crippen molar-refractivity contribution in [3.05, 3.63) is 0 Å². The van der Waals surface area contributed by atoms with Crippen LogP contribution in [0.15, 0.2) is 0 Å². The van der Waals surface area contributed by atoms with E-state index in [4.69, 9.17) is 0 Å². The van der Waals surface area contributed by atoms with Crippen LogP contribution < -0.4 is 0 Å². The second kappa shape index (κ2) is 4.06. The zero-order valence-corrected chi connectivity index (χ0v) is 10.7. The summed E-state index contributed by atoms with van der Waals surface area (Å²) in [5.41, 5.74) is -0.557. The zero-order valence-electron chi connectivity index (χ0n) is 10.7. The summed E-state index contributed by atoms with van der Waals surface area (Å²) in [6, 6.07) is -0.653. The smallest absolute Gasteiger partial charge is 0.262 e. The molecule has 1 atom stereocenters. The fourth-order valence-corrected chi connectivity index (χ4v) is 2.13. The van der Waals surface area contributed by atoms with Gasteiger partial charge in [-0.25, -0.2) is 8.78 Å². The van der Waals surface area contributed by atoms with Crippen LogP contribution >= 0.6 is 0 Å². The molecule has 1 aliphatic rings. The van der Waals surface area contributed by atoms with Crippen molar-refractivity contribution in [3.63, 3.8) is 0 Å². The number of ketones is 1. The molecule has 0 N–H and O–H groups in total. The number of likely N-dealkylation sites (tertiary alicyclic amines) is 1. The molecule has 0 amide bonds. The Balaban J connectivity index is 2.90. The highest BCUT2D eigenvalue weighted by Crippen LogP contribution is 2.36. The minimum absolute atomic E-state index is 0.0234. The molecule has 1 rings (SSSR count). The second-order valence-corrected chi connectivity index (χ2v) is 5.96. The maximum absolute atomic E-state index is 13.4. The van der Waals surface area contributed by atoms with Gasteiger partial charge in [-0.05, 0) is 13.8 Å². The van der Waals surface area contributed by atoms with Crippen molar-refractivity contribution in [2.75, 3.05) is 6.54 Å². The van der Waals surface area contributed by atoms with Gasteiger partial charge in [0.15, 0.2) is 5.78 Å². The number of hydrogen-bond donors (Lipinski definition) is 0. The van der Waals surface area contributed by atoms with Crippen LogP contribution in [0.5, 0.6) is 0 Å². The number of alkyl halides is 2. The Bertz CT molecular complexity index is 281. The third-order valence-electron chi connectivity index (χ3n) is 3.01. The fraction of sp³-hybridized carbons (Fsp3) is 0.917. The second-order valence-electron chi connectivity index (χ2n) is 5.96. The van der Waals surface area contributed by atoms with Gasteiger partial charge >= 0.3 is 0 Å². The predicted octanol–water partition coefficient (Wildman–Crippen LogP) is 2.72. The molecule has 4 heteroatoms. The minimum atomic E-state index is -2.73. The molecule has 94 valence electrons. The molecule has 0 aromatic heterocycles. The number of Topliss-reactive ketones (excluding diaryl/α,β-unsaturated/α-hetero) is 1. The minimum Gasteiger partial charge on any atom is -0.297 e. The average molecular weight is 233 g/mol. The Labute approximate surface area is 96.0 Å².